The fraction of sp³-hybridized carbons (Fsp3) is 0.900. The second kappa shape index (κ2) is 4.09. The van der Waals surface area contributed by atoms with Crippen molar-refractivity contribution in [3.8, 4) is 0 Å². The lowest BCUT2D eigenvalue weighted by atomic mass is 9.95. The third-order valence-electron chi connectivity index (χ3n) is 2.76. The molecule has 2 N–H and O–H groups in total. The van der Waals surface area contributed by atoms with Crippen LogP contribution in [0.25, 0.3) is 0 Å². The Kier molecular flexibility index (Phi) is 3.31. The normalized spacial score (nSPS) is 35.3. The van der Waals surface area contributed by atoms with Gasteiger partial charge in [-0.1, -0.05) is 6.92 Å². The Balaban J connectivity index is 2.64. The minimum Gasteiger partial charge on any atom is -0.387 e. The Bertz CT molecular complexity index is 203. The highest BCUT2D eigenvalue weighted by Crippen LogP contribution is 2.29. The lowest BCUT2D eigenvalue weighted by molar-refractivity contribution is 0.101. The minimum absolute atomic E-state index is 0.0841. The van der Waals surface area contributed by atoms with Gasteiger partial charge in [0.15, 0.2) is 0 Å². The van der Waals surface area contributed by atoms with Crippen LogP contribution in [-0.2, 0) is 4.74 Å². The summed E-state index contributed by atoms with van der Waals surface area (Å²) in [7, 11) is 0. The first-order chi connectivity index (χ1) is 6.08. The van der Waals surface area contributed by atoms with Gasteiger partial charge in [-0.15, -0.1) is 0 Å². The molecule has 0 amide bonds. The largest absolute Gasteiger partial charge is 0.387 e. The Morgan fingerprint density at radius 3 is 2.85 bits per heavy atom. The number of rotatable bonds is 3. The van der Waals surface area contributed by atoms with Crippen LogP contribution in [0.2, 0.25) is 0 Å². The van der Waals surface area contributed by atoms with Gasteiger partial charge in [-0.05, 0) is 26.7 Å². The van der Waals surface area contributed by atoms with E-state index in [1.54, 1.807) is 0 Å². The third-order valence-corrected chi connectivity index (χ3v) is 2.76. The molecular weight excluding hydrogens is 164 g/mol. The number of amidine groups is 1. The topological polar surface area (TPSA) is 47.6 Å². The molecular formula is C10H20N2O. The zero-order chi connectivity index (χ0) is 9.90. The summed E-state index contributed by atoms with van der Waals surface area (Å²) in [5, 5.41) is 0. The van der Waals surface area contributed by atoms with Crippen LogP contribution in [0.3, 0.4) is 0 Å². The number of aliphatic imine (C=N–C) groups is 1. The summed E-state index contributed by atoms with van der Waals surface area (Å²) in [4.78, 5) is 4.55. The molecule has 3 nitrogen and oxygen atoms in total. The number of hydrogen-bond donors (Lipinski definition) is 1. The molecule has 0 aromatic heterocycles. The van der Waals surface area contributed by atoms with Crippen LogP contribution < -0.4 is 5.73 Å². The number of nitrogens with two attached hydrogens (primary N) is 1. The van der Waals surface area contributed by atoms with Gasteiger partial charge >= 0.3 is 0 Å². The van der Waals surface area contributed by atoms with E-state index in [1.165, 1.54) is 0 Å². The zero-order valence-electron chi connectivity index (χ0n) is 8.84. The molecule has 76 valence electrons. The van der Waals surface area contributed by atoms with Gasteiger partial charge in [-0.3, -0.25) is 4.99 Å². The quantitative estimate of drug-likeness (QED) is 0.536. The Morgan fingerprint density at radius 1 is 1.69 bits per heavy atom. The van der Waals surface area contributed by atoms with Crippen LogP contribution in [0.4, 0.5) is 0 Å². The standard InChI is InChI=1S/C10H20N2O/c1-4-5-9(11)12-10(3)6-7-13-8(10)2/h8H,4-7H2,1-3H3,(H2,11,12). The smallest absolute Gasteiger partial charge is 0.0944 e. The number of hydrogen-bond acceptors (Lipinski definition) is 2. The lowest BCUT2D eigenvalue weighted by Crippen LogP contribution is -2.33. The minimum atomic E-state index is -0.0841. The highest BCUT2D eigenvalue weighted by atomic mass is 16.5. The van der Waals surface area contributed by atoms with Crippen LogP contribution in [0.1, 0.15) is 40.0 Å². The Labute approximate surface area is 80.4 Å². The summed E-state index contributed by atoms with van der Waals surface area (Å²) in [6.45, 7) is 7.10. The van der Waals surface area contributed by atoms with Gasteiger partial charge in [0, 0.05) is 13.0 Å². The van der Waals surface area contributed by atoms with Gasteiger partial charge in [-0.25, -0.2) is 0 Å². The molecule has 1 rings (SSSR count). The summed E-state index contributed by atoms with van der Waals surface area (Å²) < 4.78 is 5.48. The van der Waals surface area contributed by atoms with Gasteiger partial charge in [0.05, 0.1) is 17.5 Å². The molecule has 0 aliphatic carbocycles. The maximum atomic E-state index is 5.81. The first-order valence-corrected chi connectivity index (χ1v) is 5.04. The summed E-state index contributed by atoms with van der Waals surface area (Å²) in [5.74, 6) is 0.766. The molecule has 1 aliphatic rings. The number of nitrogens with zero attached hydrogens (tertiary/aromatic N) is 1. The fourth-order valence-electron chi connectivity index (χ4n) is 1.61. The average Bonchev–Trinajstić information content (AvgIpc) is 2.32. The van der Waals surface area contributed by atoms with E-state index in [2.05, 4.69) is 25.8 Å². The van der Waals surface area contributed by atoms with E-state index >= 15 is 0 Å². The predicted molar refractivity (Wildman–Crippen MR) is 55.0 cm³/mol. The van der Waals surface area contributed by atoms with Crippen molar-refractivity contribution in [1.82, 2.24) is 0 Å². The molecule has 1 aliphatic heterocycles. The van der Waals surface area contributed by atoms with Crippen molar-refractivity contribution in [2.45, 2.75) is 51.7 Å². The highest BCUT2D eigenvalue weighted by molar-refractivity contribution is 5.80. The second-order valence-corrected chi connectivity index (χ2v) is 3.97. The van der Waals surface area contributed by atoms with Crippen molar-refractivity contribution >= 4 is 5.84 Å². The highest BCUT2D eigenvalue weighted by Gasteiger charge is 2.36. The molecule has 0 aromatic carbocycles. The van der Waals surface area contributed by atoms with Gasteiger partial charge < -0.3 is 10.5 Å². The van der Waals surface area contributed by atoms with Gasteiger partial charge in [0.25, 0.3) is 0 Å². The lowest BCUT2D eigenvalue weighted by Gasteiger charge is -2.23. The van der Waals surface area contributed by atoms with E-state index in [4.69, 9.17) is 10.5 Å². The predicted octanol–water partition coefficient (Wildman–Crippen LogP) is 1.71. The van der Waals surface area contributed by atoms with E-state index in [9.17, 15) is 0 Å². The average molecular weight is 184 g/mol. The van der Waals surface area contributed by atoms with Gasteiger partial charge in [0.1, 0.15) is 0 Å². The van der Waals surface area contributed by atoms with Crippen molar-refractivity contribution in [3.63, 3.8) is 0 Å². The molecule has 0 bridgehead atoms. The summed E-state index contributed by atoms with van der Waals surface area (Å²) >= 11 is 0. The molecule has 0 saturated carbocycles. The van der Waals surface area contributed by atoms with E-state index in [1.807, 2.05) is 0 Å². The first-order valence-electron chi connectivity index (χ1n) is 5.04. The van der Waals surface area contributed by atoms with Crippen LogP contribution in [0, 0.1) is 0 Å². The van der Waals surface area contributed by atoms with Crippen LogP contribution in [0.15, 0.2) is 4.99 Å². The van der Waals surface area contributed by atoms with E-state index < -0.39 is 0 Å². The first kappa shape index (κ1) is 10.5. The summed E-state index contributed by atoms with van der Waals surface area (Å²) in [6, 6.07) is 0. The molecule has 3 heteroatoms. The maximum absolute atomic E-state index is 5.81. The third kappa shape index (κ3) is 2.44. The Hall–Kier alpha value is -0.570. The van der Waals surface area contributed by atoms with E-state index in [0.29, 0.717) is 0 Å². The van der Waals surface area contributed by atoms with Gasteiger partial charge in [0.2, 0.25) is 0 Å². The van der Waals surface area contributed by atoms with Gasteiger partial charge in [-0.2, -0.15) is 0 Å². The van der Waals surface area contributed by atoms with E-state index in [-0.39, 0.29) is 11.6 Å². The van der Waals surface area contributed by atoms with Crippen molar-refractivity contribution in [2.75, 3.05) is 6.61 Å². The van der Waals surface area contributed by atoms with Crippen molar-refractivity contribution in [1.29, 1.82) is 0 Å². The molecule has 1 saturated heterocycles. The molecule has 1 fully saturated rings. The molecule has 2 atom stereocenters. The zero-order valence-corrected chi connectivity index (χ0v) is 8.84. The second-order valence-electron chi connectivity index (χ2n) is 3.97. The molecule has 1 heterocycles. The molecule has 0 radical (unpaired) electrons. The molecule has 0 aromatic rings. The van der Waals surface area contributed by atoms with Crippen LogP contribution in [0.5, 0.6) is 0 Å². The summed E-state index contributed by atoms with van der Waals surface area (Å²) in [6.07, 6.45) is 3.13. The van der Waals surface area contributed by atoms with Crippen molar-refractivity contribution < 1.29 is 4.74 Å². The SMILES string of the molecule is CCCC(N)=NC1(C)CCOC1C. The fourth-order valence-corrected chi connectivity index (χ4v) is 1.61. The Morgan fingerprint density at radius 2 is 2.38 bits per heavy atom. The maximum Gasteiger partial charge on any atom is 0.0944 e. The van der Waals surface area contributed by atoms with E-state index in [0.717, 1.165) is 31.7 Å². The van der Waals surface area contributed by atoms with Crippen LogP contribution in [-0.4, -0.2) is 24.1 Å². The summed E-state index contributed by atoms with van der Waals surface area (Å²) in [5.41, 5.74) is 5.72. The van der Waals surface area contributed by atoms with Crippen LogP contribution >= 0.6 is 0 Å². The molecule has 0 spiro atoms. The molecule has 2 unspecified atom stereocenters. The monoisotopic (exact) mass is 184 g/mol. The molecule has 13 heavy (non-hydrogen) atoms. The van der Waals surface area contributed by atoms with Crippen molar-refractivity contribution in [3.05, 3.63) is 0 Å². The number of ether oxygens (including phenoxy) is 1. The van der Waals surface area contributed by atoms with Crippen molar-refractivity contribution in [2.24, 2.45) is 10.7 Å².